The lowest BCUT2D eigenvalue weighted by molar-refractivity contribution is 0.0959. The molecule has 6 heteroatoms. The zero-order valence-electron chi connectivity index (χ0n) is 11.3. The maximum atomic E-state index is 12.9. The van der Waals surface area contributed by atoms with E-state index in [1.807, 2.05) is 6.92 Å². The minimum atomic E-state index is -0.619. The lowest BCUT2D eigenvalue weighted by Gasteiger charge is -2.29. The van der Waals surface area contributed by atoms with Gasteiger partial charge < -0.3 is 9.67 Å². The molecule has 2 aromatic rings. The Bertz CT molecular complexity index is 596. The first-order valence-corrected chi connectivity index (χ1v) is 6.68. The molecule has 1 unspecified atom stereocenters. The molecule has 1 aliphatic rings. The van der Waals surface area contributed by atoms with Crippen molar-refractivity contribution in [3.05, 3.63) is 47.3 Å². The normalized spacial score (nSPS) is 16.9. The highest BCUT2D eigenvalue weighted by Gasteiger charge is 2.21. The molecular weight excluding hydrogens is 259 g/mol. The fraction of sp³-hybridized carbons (Fsp3) is 0.429. The van der Waals surface area contributed by atoms with Crippen LogP contribution in [0.3, 0.4) is 0 Å². The number of aryl methyl sites for hydroxylation is 1. The van der Waals surface area contributed by atoms with Gasteiger partial charge in [-0.05, 0) is 24.6 Å². The van der Waals surface area contributed by atoms with Crippen molar-refractivity contribution < 1.29 is 9.50 Å². The summed E-state index contributed by atoms with van der Waals surface area (Å²) in [6, 6.07) is 5.98. The molecule has 0 amide bonds. The number of hydrogen-bond donors (Lipinski definition) is 1. The van der Waals surface area contributed by atoms with Gasteiger partial charge in [0.25, 0.3) is 0 Å². The van der Waals surface area contributed by atoms with Gasteiger partial charge in [-0.3, -0.25) is 4.90 Å². The molecule has 0 spiro atoms. The predicted molar refractivity (Wildman–Crippen MR) is 71.4 cm³/mol. The van der Waals surface area contributed by atoms with Crippen LogP contribution >= 0.6 is 0 Å². The van der Waals surface area contributed by atoms with E-state index < -0.39 is 6.10 Å². The topological polar surface area (TPSA) is 54.2 Å². The third-order valence-corrected chi connectivity index (χ3v) is 3.70. The number of fused-ring (bicyclic) bond motifs is 1. The Morgan fingerprint density at radius 3 is 2.75 bits per heavy atom. The highest BCUT2D eigenvalue weighted by atomic mass is 19.1. The second-order valence-electron chi connectivity index (χ2n) is 5.12. The summed E-state index contributed by atoms with van der Waals surface area (Å²) in [5.41, 5.74) is 0.731. The molecule has 3 rings (SSSR count). The molecule has 1 aromatic carbocycles. The smallest absolute Gasteiger partial charge is 0.147 e. The number of β-amino-alcohol motifs (C(OH)–C–C–N with tert-alkyl or cyclic N) is 1. The summed E-state index contributed by atoms with van der Waals surface area (Å²) in [5, 5.41) is 18.4. The van der Waals surface area contributed by atoms with Crippen molar-refractivity contribution >= 4 is 0 Å². The van der Waals surface area contributed by atoms with Gasteiger partial charge in [0.15, 0.2) is 0 Å². The van der Waals surface area contributed by atoms with Crippen LogP contribution in [0.15, 0.2) is 24.3 Å². The van der Waals surface area contributed by atoms with Crippen LogP contribution in [0.4, 0.5) is 4.39 Å². The standard InChI is InChI=1S/C14H17FN4O/c1-10-16-17-14-9-18(6-7-19(10)14)8-13(20)11-2-4-12(15)5-3-11/h2-5,13,20H,6-9H2,1H3. The summed E-state index contributed by atoms with van der Waals surface area (Å²) >= 11 is 0. The Hall–Kier alpha value is -1.79. The number of aliphatic hydroxyl groups excluding tert-OH is 1. The molecule has 0 aliphatic carbocycles. The second kappa shape index (κ2) is 5.30. The molecule has 1 atom stereocenters. The molecule has 1 N–H and O–H groups in total. The molecule has 106 valence electrons. The average molecular weight is 276 g/mol. The summed E-state index contributed by atoms with van der Waals surface area (Å²) in [7, 11) is 0. The monoisotopic (exact) mass is 276 g/mol. The van der Waals surface area contributed by atoms with Crippen LogP contribution in [0.1, 0.15) is 23.3 Å². The summed E-state index contributed by atoms with van der Waals surface area (Å²) in [6.07, 6.45) is -0.619. The van der Waals surface area contributed by atoms with E-state index in [0.717, 1.165) is 30.3 Å². The molecule has 0 radical (unpaired) electrons. The van der Waals surface area contributed by atoms with Crippen LogP contribution < -0.4 is 0 Å². The van der Waals surface area contributed by atoms with Crippen molar-refractivity contribution in [2.45, 2.75) is 26.1 Å². The fourth-order valence-corrected chi connectivity index (χ4v) is 2.54. The van der Waals surface area contributed by atoms with Gasteiger partial charge >= 0.3 is 0 Å². The average Bonchev–Trinajstić information content (AvgIpc) is 2.81. The van der Waals surface area contributed by atoms with Crippen LogP contribution in [0.2, 0.25) is 0 Å². The number of rotatable bonds is 3. The van der Waals surface area contributed by atoms with E-state index in [9.17, 15) is 9.50 Å². The zero-order valence-corrected chi connectivity index (χ0v) is 11.3. The Balaban J connectivity index is 1.66. The van der Waals surface area contributed by atoms with E-state index >= 15 is 0 Å². The van der Waals surface area contributed by atoms with E-state index in [1.165, 1.54) is 12.1 Å². The Morgan fingerprint density at radius 2 is 2.00 bits per heavy atom. The minimum Gasteiger partial charge on any atom is -0.387 e. The molecule has 0 saturated carbocycles. The zero-order chi connectivity index (χ0) is 14.1. The van der Waals surface area contributed by atoms with Gasteiger partial charge in [-0.1, -0.05) is 12.1 Å². The first kappa shape index (κ1) is 13.2. The highest BCUT2D eigenvalue weighted by Crippen LogP contribution is 2.18. The second-order valence-corrected chi connectivity index (χ2v) is 5.12. The van der Waals surface area contributed by atoms with E-state index in [-0.39, 0.29) is 5.82 Å². The SMILES string of the molecule is Cc1nnc2n1CCN(CC(O)c1ccc(F)cc1)C2. The largest absolute Gasteiger partial charge is 0.387 e. The van der Waals surface area contributed by atoms with Crippen LogP contribution in [0, 0.1) is 12.7 Å². The van der Waals surface area contributed by atoms with Crippen molar-refractivity contribution in [2.24, 2.45) is 0 Å². The highest BCUT2D eigenvalue weighted by molar-refractivity contribution is 5.18. The summed E-state index contributed by atoms with van der Waals surface area (Å²) < 4.78 is 15.0. The fourth-order valence-electron chi connectivity index (χ4n) is 2.54. The Kier molecular flexibility index (Phi) is 3.50. The van der Waals surface area contributed by atoms with Gasteiger partial charge in [0, 0.05) is 19.6 Å². The Labute approximate surface area is 116 Å². The van der Waals surface area contributed by atoms with Crippen molar-refractivity contribution in [1.29, 1.82) is 0 Å². The molecule has 1 aliphatic heterocycles. The summed E-state index contributed by atoms with van der Waals surface area (Å²) in [4.78, 5) is 2.14. The lowest BCUT2D eigenvalue weighted by Crippen LogP contribution is -2.36. The third-order valence-electron chi connectivity index (χ3n) is 3.70. The van der Waals surface area contributed by atoms with E-state index in [1.54, 1.807) is 12.1 Å². The van der Waals surface area contributed by atoms with E-state index in [2.05, 4.69) is 19.7 Å². The molecule has 1 aromatic heterocycles. The van der Waals surface area contributed by atoms with Crippen LogP contribution in [-0.4, -0.2) is 37.9 Å². The number of aliphatic hydroxyl groups is 1. The maximum absolute atomic E-state index is 12.9. The van der Waals surface area contributed by atoms with Crippen molar-refractivity contribution in [3.8, 4) is 0 Å². The number of halogens is 1. The van der Waals surface area contributed by atoms with Gasteiger partial charge in [-0.2, -0.15) is 0 Å². The van der Waals surface area contributed by atoms with E-state index in [0.29, 0.717) is 13.1 Å². The van der Waals surface area contributed by atoms with Crippen LogP contribution in [-0.2, 0) is 13.1 Å². The molecular formula is C14H17FN4O. The summed E-state index contributed by atoms with van der Waals surface area (Å²) in [5.74, 6) is 1.57. The first-order chi connectivity index (χ1) is 9.63. The van der Waals surface area contributed by atoms with Crippen LogP contribution in [0.5, 0.6) is 0 Å². The molecule has 0 bridgehead atoms. The predicted octanol–water partition coefficient (Wildman–Crippen LogP) is 1.27. The molecule has 20 heavy (non-hydrogen) atoms. The van der Waals surface area contributed by atoms with Gasteiger partial charge in [-0.25, -0.2) is 4.39 Å². The van der Waals surface area contributed by atoms with Crippen LogP contribution in [0.25, 0.3) is 0 Å². The van der Waals surface area contributed by atoms with Gasteiger partial charge in [0.05, 0.1) is 12.6 Å². The third kappa shape index (κ3) is 2.57. The molecule has 2 heterocycles. The van der Waals surface area contributed by atoms with Gasteiger partial charge in [0.1, 0.15) is 17.5 Å². The molecule has 0 fully saturated rings. The van der Waals surface area contributed by atoms with Crippen molar-refractivity contribution in [2.75, 3.05) is 13.1 Å². The molecule has 5 nitrogen and oxygen atoms in total. The van der Waals surface area contributed by atoms with Crippen molar-refractivity contribution in [3.63, 3.8) is 0 Å². The number of aromatic nitrogens is 3. The maximum Gasteiger partial charge on any atom is 0.147 e. The first-order valence-electron chi connectivity index (χ1n) is 6.68. The lowest BCUT2D eigenvalue weighted by atomic mass is 10.1. The number of benzene rings is 1. The molecule has 0 saturated heterocycles. The quantitative estimate of drug-likeness (QED) is 0.917. The Morgan fingerprint density at radius 1 is 1.25 bits per heavy atom. The minimum absolute atomic E-state index is 0.289. The van der Waals surface area contributed by atoms with Gasteiger partial charge in [-0.15, -0.1) is 10.2 Å². The number of nitrogens with zero attached hydrogens (tertiary/aromatic N) is 4. The van der Waals surface area contributed by atoms with Gasteiger partial charge in [0.2, 0.25) is 0 Å². The number of hydrogen-bond acceptors (Lipinski definition) is 4. The van der Waals surface area contributed by atoms with Crippen molar-refractivity contribution in [1.82, 2.24) is 19.7 Å². The van der Waals surface area contributed by atoms with E-state index in [4.69, 9.17) is 0 Å². The summed E-state index contributed by atoms with van der Waals surface area (Å²) in [6.45, 7) is 4.82.